The highest BCUT2D eigenvalue weighted by Crippen LogP contribution is 2.31. The molecular weight excluding hydrogens is 331 g/mol. The molecule has 0 saturated carbocycles. The van der Waals surface area contributed by atoms with Crippen molar-refractivity contribution in [3.8, 4) is 11.1 Å². The van der Waals surface area contributed by atoms with Crippen molar-refractivity contribution in [2.45, 2.75) is 6.42 Å². The van der Waals surface area contributed by atoms with Crippen LogP contribution in [-0.2, 0) is 6.42 Å². The fraction of sp³-hybridized carbons (Fsp3) is 0.0476. The minimum absolute atomic E-state index is 0.0519. The fourth-order valence-electron chi connectivity index (χ4n) is 2.96. The number of hydrogen-bond donors (Lipinski definition) is 2. The SMILES string of the molecule is NC(=O)c1cccc(C(N)=O)c1-c1ccc(Cc2ccccc2)cc1F. The van der Waals surface area contributed by atoms with Gasteiger partial charge >= 0.3 is 0 Å². The number of hydrogen-bond acceptors (Lipinski definition) is 2. The lowest BCUT2D eigenvalue weighted by atomic mass is 9.92. The van der Waals surface area contributed by atoms with Crippen LogP contribution in [0.1, 0.15) is 31.8 Å². The molecular formula is C21H17FN2O2. The monoisotopic (exact) mass is 348 g/mol. The predicted molar refractivity (Wildman–Crippen MR) is 98.1 cm³/mol. The van der Waals surface area contributed by atoms with Crippen LogP contribution in [0.3, 0.4) is 0 Å². The molecule has 0 aliphatic rings. The Labute approximate surface area is 150 Å². The maximum atomic E-state index is 14.8. The van der Waals surface area contributed by atoms with Gasteiger partial charge in [-0.15, -0.1) is 0 Å². The molecule has 0 atom stereocenters. The van der Waals surface area contributed by atoms with E-state index in [0.717, 1.165) is 11.1 Å². The summed E-state index contributed by atoms with van der Waals surface area (Å²) in [5.74, 6) is -2.05. The van der Waals surface area contributed by atoms with E-state index in [0.29, 0.717) is 6.42 Å². The third-order valence-electron chi connectivity index (χ3n) is 4.15. The van der Waals surface area contributed by atoms with Gasteiger partial charge in [-0.2, -0.15) is 0 Å². The Balaban J connectivity index is 2.08. The first-order valence-corrected chi connectivity index (χ1v) is 8.02. The highest BCUT2D eigenvalue weighted by atomic mass is 19.1. The van der Waals surface area contributed by atoms with Gasteiger partial charge in [-0.1, -0.05) is 48.5 Å². The van der Waals surface area contributed by atoms with E-state index in [1.807, 2.05) is 30.3 Å². The average Bonchev–Trinajstić information content (AvgIpc) is 2.62. The van der Waals surface area contributed by atoms with Gasteiger partial charge in [0.2, 0.25) is 11.8 Å². The molecule has 26 heavy (non-hydrogen) atoms. The summed E-state index contributed by atoms with van der Waals surface area (Å²) >= 11 is 0. The molecule has 4 nitrogen and oxygen atoms in total. The summed E-state index contributed by atoms with van der Waals surface area (Å²) in [4.78, 5) is 23.5. The summed E-state index contributed by atoms with van der Waals surface area (Å²) < 4.78 is 14.8. The summed E-state index contributed by atoms with van der Waals surface area (Å²) in [7, 11) is 0. The van der Waals surface area contributed by atoms with Gasteiger partial charge in [0.1, 0.15) is 5.82 Å². The summed E-state index contributed by atoms with van der Waals surface area (Å²) in [6, 6.07) is 18.7. The van der Waals surface area contributed by atoms with Crippen molar-refractivity contribution in [1.29, 1.82) is 0 Å². The molecule has 0 unspecified atom stereocenters. The van der Waals surface area contributed by atoms with Gasteiger partial charge in [-0.25, -0.2) is 4.39 Å². The molecule has 0 saturated heterocycles. The van der Waals surface area contributed by atoms with Crippen LogP contribution in [0.5, 0.6) is 0 Å². The molecule has 0 fully saturated rings. The van der Waals surface area contributed by atoms with Crippen molar-refractivity contribution in [3.63, 3.8) is 0 Å². The number of amides is 2. The maximum absolute atomic E-state index is 14.8. The van der Waals surface area contributed by atoms with Crippen molar-refractivity contribution in [2.75, 3.05) is 0 Å². The quantitative estimate of drug-likeness (QED) is 0.741. The number of benzene rings is 3. The number of primary amides is 2. The van der Waals surface area contributed by atoms with E-state index >= 15 is 0 Å². The molecule has 5 heteroatoms. The van der Waals surface area contributed by atoms with Gasteiger partial charge in [0.15, 0.2) is 0 Å². The lowest BCUT2D eigenvalue weighted by Gasteiger charge is -2.13. The Morgan fingerprint density at radius 2 is 1.38 bits per heavy atom. The standard InChI is InChI=1S/C21H17FN2O2/c22-18-12-14(11-13-5-2-1-3-6-13)9-10-15(18)19-16(20(23)25)7-4-8-17(19)21(24)26/h1-10,12H,11H2,(H2,23,25)(H2,24,26). The molecule has 3 aromatic rings. The number of nitrogens with two attached hydrogens (primary N) is 2. The number of carbonyl (C=O) groups is 2. The summed E-state index contributed by atoms with van der Waals surface area (Å²) in [6.07, 6.45) is 0.568. The maximum Gasteiger partial charge on any atom is 0.249 e. The third kappa shape index (κ3) is 3.47. The van der Waals surface area contributed by atoms with Crippen LogP contribution in [0.15, 0.2) is 66.7 Å². The highest BCUT2D eigenvalue weighted by Gasteiger charge is 2.20. The van der Waals surface area contributed by atoms with E-state index in [9.17, 15) is 14.0 Å². The van der Waals surface area contributed by atoms with Crippen LogP contribution in [0, 0.1) is 5.82 Å². The zero-order valence-corrected chi connectivity index (χ0v) is 13.9. The van der Waals surface area contributed by atoms with Crippen LogP contribution in [0.25, 0.3) is 11.1 Å². The van der Waals surface area contributed by atoms with Crippen molar-refractivity contribution < 1.29 is 14.0 Å². The van der Waals surface area contributed by atoms with Crippen molar-refractivity contribution >= 4 is 11.8 Å². The van der Waals surface area contributed by atoms with Gasteiger partial charge in [-0.3, -0.25) is 9.59 Å². The lowest BCUT2D eigenvalue weighted by Crippen LogP contribution is -2.18. The number of rotatable bonds is 5. The Hall–Kier alpha value is -3.47. The molecule has 0 aliphatic heterocycles. The summed E-state index contributed by atoms with van der Waals surface area (Å²) in [5.41, 5.74) is 12.9. The van der Waals surface area contributed by atoms with Crippen molar-refractivity contribution in [2.24, 2.45) is 11.5 Å². The van der Waals surface area contributed by atoms with Crippen LogP contribution >= 0.6 is 0 Å². The average molecular weight is 348 g/mol. The Morgan fingerprint density at radius 3 is 1.92 bits per heavy atom. The molecule has 130 valence electrons. The molecule has 0 heterocycles. The molecule has 0 spiro atoms. The van der Waals surface area contributed by atoms with Crippen LogP contribution < -0.4 is 11.5 Å². The molecule has 0 bridgehead atoms. The van der Waals surface area contributed by atoms with E-state index < -0.39 is 17.6 Å². The van der Waals surface area contributed by atoms with Crippen molar-refractivity contribution in [3.05, 3.63) is 94.8 Å². The van der Waals surface area contributed by atoms with Gasteiger partial charge in [-0.05, 0) is 35.7 Å². The Bertz CT molecular complexity index is 952. The van der Waals surface area contributed by atoms with Crippen molar-refractivity contribution in [1.82, 2.24) is 0 Å². The Kier molecular flexibility index (Phi) is 4.80. The van der Waals surface area contributed by atoms with Crippen LogP contribution in [0.2, 0.25) is 0 Å². The zero-order chi connectivity index (χ0) is 18.7. The first-order chi connectivity index (χ1) is 12.5. The van der Waals surface area contributed by atoms with E-state index in [-0.39, 0.29) is 22.3 Å². The molecule has 0 aromatic heterocycles. The Morgan fingerprint density at radius 1 is 0.769 bits per heavy atom. The molecule has 4 N–H and O–H groups in total. The first kappa shape index (κ1) is 17.4. The fourth-order valence-corrected chi connectivity index (χ4v) is 2.96. The lowest BCUT2D eigenvalue weighted by molar-refractivity contribution is 0.0999. The smallest absolute Gasteiger partial charge is 0.249 e. The molecule has 0 radical (unpaired) electrons. The summed E-state index contributed by atoms with van der Waals surface area (Å²) in [6.45, 7) is 0. The molecule has 3 rings (SSSR count). The van der Waals surface area contributed by atoms with E-state index in [2.05, 4.69) is 0 Å². The number of halogens is 1. The van der Waals surface area contributed by atoms with E-state index in [1.165, 1.54) is 24.3 Å². The second-order valence-corrected chi connectivity index (χ2v) is 5.93. The van der Waals surface area contributed by atoms with Gasteiger partial charge in [0.25, 0.3) is 0 Å². The minimum Gasteiger partial charge on any atom is -0.366 e. The van der Waals surface area contributed by atoms with Gasteiger partial charge in [0.05, 0.1) is 0 Å². The van der Waals surface area contributed by atoms with E-state index in [1.54, 1.807) is 12.1 Å². The normalized spacial score (nSPS) is 10.5. The first-order valence-electron chi connectivity index (χ1n) is 8.02. The minimum atomic E-state index is -0.754. The largest absolute Gasteiger partial charge is 0.366 e. The van der Waals surface area contributed by atoms with E-state index in [4.69, 9.17) is 11.5 Å². The van der Waals surface area contributed by atoms with Gasteiger partial charge in [0, 0.05) is 22.3 Å². The van der Waals surface area contributed by atoms with Gasteiger partial charge < -0.3 is 11.5 Å². The van der Waals surface area contributed by atoms with Crippen LogP contribution in [0.4, 0.5) is 4.39 Å². The highest BCUT2D eigenvalue weighted by molar-refractivity contribution is 6.08. The zero-order valence-electron chi connectivity index (χ0n) is 13.9. The number of carbonyl (C=O) groups excluding carboxylic acids is 2. The molecule has 3 aromatic carbocycles. The summed E-state index contributed by atoms with van der Waals surface area (Å²) in [5, 5.41) is 0. The second-order valence-electron chi connectivity index (χ2n) is 5.93. The molecule has 2 amide bonds. The topological polar surface area (TPSA) is 86.2 Å². The van der Waals surface area contributed by atoms with Crippen LogP contribution in [-0.4, -0.2) is 11.8 Å². The molecule has 0 aliphatic carbocycles. The predicted octanol–water partition coefficient (Wildman–Crippen LogP) is 3.28. The third-order valence-corrected chi connectivity index (χ3v) is 4.15. The second kappa shape index (κ2) is 7.19.